The highest BCUT2D eigenvalue weighted by Gasteiger charge is 2.10. The summed E-state index contributed by atoms with van der Waals surface area (Å²) in [5, 5.41) is 1.96. The van der Waals surface area contributed by atoms with E-state index in [0.717, 1.165) is 25.7 Å². The summed E-state index contributed by atoms with van der Waals surface area (Å²) in [5.41, 5.74) is 2.71. The maximum atomic E-state index is 7.77. The van der Waals surface area contributed by atoms with Crippen molar-refractivity contribution in [2.24, 2.45) is 0 Å². The molecule has 0 bridgehead atoms. The zero-order chi connectivity index (χ0) is 13.8. The molecular formula is C15H14S. The Morgan fingerprint density at radius 2 is 1.94 bits per heavy atom. The Morgan fingerprint density at radius 3 is 2.75 bits per heavy atom. The summed E-state index contributed by atoms with van der Waals surface area (Å²) >= 11 is 1.68. The summed E-state index contributed by atoms with van der Waals surface area (Å²) in [6.07, 6.45) is 0. The molecule has 0 aliphatic carbocycles. The van der Waals surface area contributed by atoms with Crippen molar-refractivity contribution in [1.29, 1.82) is 0 Å². The van der Waals surface area contributed by atoms with Gasteiger partial charge in [-0.3, -0.25) is 0 Å². The lowest BCUT2D eigenvalue weighted by molar-refractivity contribution is 1.36. The minimum absolute atomic E-state index is 0.475. The minimum atomic E-state index is -2.07. The monoisotopic (exact) mass is 229 g/mol. The standard InChI is InChI=1S/C15H14S/c1-9-8-10(2)14-12-6-4-5-7-13(12)16-15(14)11(9)3/h4-8H,1-3H3/i2D3. The van der Waals surface area contributed by atoms with Gasteiger partial charge in [-0.15, -0.1) is 11.3 Å². The molecule has 16 heavy (non-hydrogen) atoms. The maximum Gasteiger partial charge on any atom is 0.0389 e. The van der Waals surface area contributed by atoms with Crippen molar-refractivity contribution in [3.63, 3.8) is 0 Å². The Labute approximate surface area is 104 Å². The van der Waals surface area contributed by atoms with E-state index in [1.807, 2.05) is 31.2 Å². The number of benzene rings is 2. The Balaban J connectivity index is 2.59. The van der Waals surface area contributed by atoms with Crippen LogP contribution >= 0.6 is 11.3 Å². The van der Waals surface area contributed by atoms with E-state index in [-0.39, 0.29) is 0 Å². The lowest BCUT2D eigenvalue weighted by atomic mass is 10.0. The van der Waals surface area contributed by atoms with Crippen molar-refractivity contribution < 1.29 is 4.11 Å². The lowest BCUT2D eigenvalue weighted by Gasteiger charge is -2.04. The molecule has 3 aromatic rings. The van der Waals surface area contributed by atoms with Gasteiger partial charge in [-0.2, -0.15) is 0 Å². The van der Waals surface area contributed by atoms with Gasteiger partial charge in [0, 0.05) is 24.3 Å². The van der Waals surface area contributed by atoms with Gasteiger partial charge in [0.1, 0.15) is 0 Å². The molecule has 0 radical (unpaired) electrons. The average Bonchev–Trinajstić information content (AvgIpc) is 2.72. The summed E-state index contributed by atoms with van der Waals surface area (Å²) in [7, 11) is 0. The van der Waals surface area contributed by atoms with E-state index in [4.69, 9.17) is 4.11 Å². The van der Waals surface area contributed by atoms with Gasteiger partial charge in [-0.05, 0) is 43.5 Å². The molecule has 0 nitrogen and oxygen atoms in total. The number of hydrogen-bond acceptors (Lipinski definition) is 1. The summed E-state index contributed by atoms with van der Waals surface area (Å²) in [5.74, 6) is 0. The molecule has 0 atom stereocenters. The van der Waals surface area contributed by atoms with Crippen LogP contribution in [0.4, 0.5) is 0 Å². The number of fused-ring (bicyclic) bond motifs is 3. The Kier molecular flexibility index (Phi) is 1.47. The van der Waals surface area contributed by atoms with Crippen LogP contribution in [0.25, 0.3) is 20.2 Å². The first kappa shape index (κ1) is 7.08. The normalized spacial score (nSPS) is 15.0. The first-order chi connectivity index (χ1) is 8.89. The predicted octanol–water partition coefficient (Wildman–Crippen LogP) is 4.98. The van der Waals surface area contributed by atoms with Crippen LogP contribution in [0, 0.1) is 20.7 Å². The summed E-state index contributed by atoms with van der Waals surface area (Å²) < 4.78 is 25.6. The molecule has 0 N–H and O–H groups in total. The topological polar surface area (TPSA) is 0 Å². The fourth-order valence-corrected chi connectivity index (χ4v) is 3.44. The Hall–Kier alpha value is -1.34. The van der Waals surface area contributed by atoms with Crippen LogP contribution in [0.5, 0.6) is 0 Å². The molecule has 1 heterocycles. The summed E-state index contributed by atoms with van der Waals surface area (Å²) in [4.78, 5) is 0. The minimum Gasteiger partial charge on any atom is -0.135 e. The molecule has 0 spiro atoms. The van der Waals surface area contributed by atoms with E-state index in [0.29, 0.717) is 5.56 Å². The van der Waals surface area contributed by atoms with E-state index >= 15 is 0 Å². The van der Waals surface area contributed by atoms with Crippen LogP contribution in [0.2, 0.25) is 0 Å². The van der Waals surface area contributed by atoms with Gasteiger partial charge in [0.25, 0.3) is 0 Å². The van der Waals surface area contributed by atoms with Crippen LogP contribution in [0.15, 0.2) is 30.3 Å². The second-order valence-electron chi connectivity index (χ2n) is 4.17. The third-order valence-corrected chi connectivity index (χ3v) is 4.45. The highest BCUT2D eigenvalue weighted by atomic mass is 32.1. The van der Waals surface area contributed by atoms with E-state index in [9.17, 15) is 0 Å². The smallest absolute Gasteiger partial charge is 0.0389 e. The van der Waals surface area contributed by atoms with Crippen LogP contribution < -0.4 is 0 Å². The second kappa shape index (κ2) is 3.33. The van der Waals surface area contributed by atoms with Crippen molar-refractivity contribution in [2.45, 2.75) is 20.7 Å². The van der Waals surface area contributed by atoms with Crippen LogP contribution in [0.3, 0.4) is 0 Å². The molecule has 0 unspecified atom stereocenters. The molecule has 0 saturated carbocycles. The zero-order valence-electron chi connectivity index (χ0n) is 12.3. The van der Waals surface area contributed by atoms with Gasteiger partial charge >= 0.3 is 0 Å². The van der Waals surface area contributed by atoms with Gasteiger partial charge < -0.3 is 0 Å². The largest absolute Gasteiger partial charge is 0.135 e. The summed E-state index contributed by atoms with van der Waals surface area (Å²) in [6.45, 7) is 1.98. The summed E-state index contributed by atoms with van der Waals surface area (Å²) in [6, 6.07) is 9.85. The third kappa shape index (κ3) is 1.21. The van der Waals surface area contributed by atoms with Gasteiger partial charge in [0.15, 0.2) is 0 Å². The number of thiophene rings is 1. The van der Waals surface area contributed by atoms with E-state index < -0.39 is 6.85 Å². The van der Waals surface area contributed by atoms with Crippen molar-refractivity contribution in [3.05, 3.63) is 47.0 Å². The van der Waals surface area contributed by atoms with E-state index in [1.165, 1.54) is 5.56 Å². The molecule has 0 amide bonds. The van der Waals surface area contributed by atoms with Crippen molar-refractivity contribution in [2.75, 3.05) is 0 Å². The molecule has 0 saturated heterocycles. The molecule has 0 aliphatic rings. The van der Waals surface area contributed by atoms with Crippen molar-refractivity contribution in [3.8, 4) is 0 Å². The molecule has 80 valence electrons. The average molecular weight is 229 g/mol. The second-order valence-corrected chi connectivity index (χ2v) is 5.22. The van der Waals surface area contributed by atoms with Crippen LogP contribution in [-0.2, 0) is 0 Å². The number of hydrogen-bond donors (Lipinski definition) is 0. The highest BCUT2D eigenvalue weighted by molar-refractivity contribution is 7.26. The molecule has 0 aliphatic heterocycles. The third-order valence-electron chi connectivity index (χ3n) is 3.16. The molecule has 0 fully saturated rings. The maximum absolute atomic E-state index is 7.77. The van der Waals surface area contributed by atoms with Crippen LogP contribution in [-0.4, -0.2) is 0 Å². The van der Waals surface area contributed by atoms with Crippen molar-refractivity contribution >= 4 is 31.5 Å². The number of aryl methyl sites for hydroxylation is 3. The van der Waals surface area contributed by atoms with E-state index in [1.54, 1.807) is 11.3 Å². The molecule has 3 rings (SSSR count). The fraction of sp³-hybridized carbons (Fsp3) is 0.200. The van der Waals surface area contributed by atoms with E-state index in [2.05, 4.69) is 13.0 Å². The highest BCUT2D eigenvalue weighted by Crippen LogP contribution is 2.38. The molecule has 2 aromatic carbocycles. The SMILES string of the molecule is [2H]C([2H])([2H])c1cc(C)c(C)c2sc3ccccc3c12. The predicted molar refractivity (Wildman–Crippen MR) is 73.5 cm³/mol. The quantitative estimate of drug-likeness (QED) is 0.510. The molecular weight excluding hydrogens is 212 g/mol. The number of rotatable bonds is 0. The first-order valence-electron chi connectivity index (χ1n) is 6.81. The Morgan fingerprint density at radius 1 is 1.12 bits per heavy atom. The first-order valence-corrected chi connectivity index (χ1v) is 6.13. The molecule has 1 aromatic heterocycles. The van der Waals surface area contributed by atoms with Crippen molar-refractivity contribution in [1.82, 2.24) is 0 Å². The van der Waals surface area contributed by atoms with Gasteiger partial charge in [0.2, 0.25) is 0 Å². The zero-order valence-corrected chi connectivity index (χ0v) is 10.1. The Bertz CT molecular complexity index is 781. The molecule has 1 heteroatoms. The van der Waals surface area contributed by atoms with Gasteiger partial charge in [-0.25, -0.2) is 0 Å². The van der Waals surface area contributed by atoms with Crippen LogP contribution in [0.1, 0.15) is 20.8 Å². The van der Waals surface area contributed by atoms with Gasteiger partial charge in [0.05, 0.1) is 0 Å². The van der Waals surface area contributed by atoms with Gasteiger partial charge in [-0.1, -0.05) is 24.3 Å². The fourth-order valence-electron chi connectivity index (χ4n) is 2.15. The lowest BCUT2D eigenvalue weighted by Crippen LogP contribution is -1.83.